The van der Waals surface area contributed by atoms with Gasteiger partial charge in [-0.1, -0.05) is 0 Å². The summed E-state index contributed by atoms with van der Waals surface area (Å²) in [5.74, 6) is -0.265. The zero-order valence-electron chi connectivity index (χ0n) is 7.85. The largest absolute Gasteiger partial charge is 0.465 e. The number of hydrogen-bond donors (Lipinski definition) is 0. The summed E-state index contributed by atoms with van der Waals surface area (Å²) < 4.78 is 5.74. The Morgan fingerprint density at radius 3 is 2.54 bits per heavy atom. The van der Waals surface area contributed by atoms with Crippen LogP contribution in [0.25, 0.3) is 0 Å². The van der Waals surface area contributed by atoms with Crippen molar-refractivity contribution in [1.29, 1.82) is 0 Å². The van der Waals surface area contributed by atoms with E-state index in [2.05, 4.69) is 27.3 Å². The van der Waals surface area contributed by atoms with Gasteiger partial charge in [0.15, 0.2) is 0 Å². The second kappa shape index (κ2) is 4.09. The Balaban J connectivity index is 3.28. The van der Waals surface area contributed by atoms with Gasteiger partial charge in [0.05, 0.1) is 12.7 Å². The molecule has 0 aliphatic carbocycles. The molecule has 3 heteroatoms. The summed E-state index contributed by atoms with van der Waals surface area (Å²) >= 11 is 2.19. The second-order valence-corrected chi connectivity index (χ2v) is 4.13. The highest BCUT2D eigenvalue weighted by Crippen LogP contribution is 2.18. The monoisotopic (exact) mass is 290 g/mol. The highest BCUT2D eigenvalue weighted by molar-refractivity contribution is 14.1. The normalized spacial score (nSPS) is 9.85. The number of benzene rings is 1. The van der Waals surface area contributed by atoms with Crippen molar-refractivity contribution >= 4 is 28.6 Å². The molecule has 0 saturated carbocycles. The van der Waals surface area contributed by atoms with Crippen molar-refractivity contribution in [2.45, 2.75) is 13.8 Å². The van der Waals surface area contributed by atoms with Gasteiger partial charge >= 0.3 is 5.97 Å². The Morgan fingerprint density at radius 1 is 1.38 bits per heavy atom. The Labute approximate surface area is 91.4 Å². The predicted molar refractivity (Wildman–Crippen MR) is 60.0 cm³/mol. The van der Waals surface area contributed by atoms with E-state index in [1.807, 2.05) is 26.0 Å². The van der Waals surface area contributed by atoms with Crippen LogP contribution in [-0.4, -0.2) is 13.1 Å². The van der Waals surface area contributed by atoms with Gasteiger partial charge < -0.3 is 4.74 Å². The molecule has 13 heavy (non-hydrogen) atoms. The van der Waals surface area contributed by atoms with Crippen LogP contribution in [0.1, 0.15) is 21.5 Å². The molecule has 0 bridgehead atoms. The summed E-state index contributed by atoms with van der Waals surface area (Å²) in [7, 11) is 1.40. The molecule has 0 amide bonds. The van der Waals surface area contributed by atoms with Crippen LogP contribution < -0.4 is 0 Å². The SMILES string of the molecule is COC(=O)c1cc(I)cc(C)c1C. The van der Waals surface area contributed by atoms with Crippen LogP contribution in [0, 0.1) is 17.4 Å². The third kappa shape index (κ3) is 2.21. The van der Waals surface area contributed by atoms with E-state index in [0.717, 1.165) is 14.7 Å². The smallest absolute Gasteiger partial charge is 0.338 e. The maximum atomic E-state index is 11.3. The van der Waals surface area contributed by atoms with Gasteiger partial charge in [0, 0.05) is 3.57 Å². The average Bonchev–Trinajstić information content (AvgIpc) is 2.10. The summed E-state index contributed by atoms with van der Waals surface area (Å²) in [6.45, 7) is 3.92. The summed E-state index contributed by atoms with van der Waals surface area (Å²) in [6, 6.07) is 3.89. The van der Waals surface area contributed by atoms with Crippen molar-refractivity contribution in [3.63, 3.8) is 0 Å². The molecule has 0 fully saturated rings. The van der Waals surface area contributed by atoms with Crippen LogP contribution >= 0.6 is 22.6 Å². The number of carbonyl (C=O) groups is 1. The van der Waals surface area contributed by atoms with E-state index in [9.17, 15) is 4.79 Å². The number of halogens is 1. The van der Waals surface area contributed by atoms with Crippen molar-refractivity contribution in [1.82, 2.24) is 0 Å². The molecular weight excluding hydrogens is 279 g/mol. The van der Waals surface area contributed by atoms with Crippen LogP contribution in [-0.2, 0) is 4.74 Å². The van der Waals surface area contributed by atoms with E-state index in [1.165, 1.54) is 7.11 Å². The molecule has 0 heterocycles. The molecule has 0 unspecified atom stereocenters. The van der Waals surface area contributed by atoms with E-state index in [-0.39, 0.29) is 5.97 Å². The number of methoxy groups -OCH3 is 1. The Kier molecular flexibility index (Phi) is 3.30. The standard InChI is InChI=1S/C10H11IO2/c1-6-4-8(11)5-9(7(6)2)10(12)13-3/h4-5H,1-3H3. The minimum absolute atomic E-state index is 0.265. The van der Waals surface area contributed by atoms with Gasteiger partial charge in [0.25, 0.3) is 0 Å². The molecule has 0 aliphatic heterocycles. The fourth-order valence-electron chi connectivity index (χ4n) is 1.14. The van der Waals surface area contributed by atoms with E-state index in [4.69, 9.17) is 0 Å². The highest BCUT2D eigenvalue weighted by atomic mass is 127. The van der Waals surface area contributed by atoms with Crippen LogP contribution in [0.2, 0.25) is 0 Å². The molecule has 0 aromatic heterocycles. The van der Waals surface area contributed by atoms with Crippen LogP contribution in [0.15, 0.2) is 12.1 Å². The molecule has 0 radical (unpaired) electrons. The molecule has 0 aliphatic rings. The lowest BCUT2D eigenvalue weighted by Crippen LogP contribution is -2.05. The summed E-state index contributed by atoms with van der Waals surface area (Å²) in [5.41, 5.74) is 2.77. The van der Waals surface area contributed by atoms with Crippen molar-refractivity contribution in [2.24, 2.45) is 0 Å². The molecular formula is C10H11IO2. The molecule has 1 aromatic carbocycles. The molecule has 0 atom stereocenters. The number of rotatable bonds is 1. The Hall–Kier alpha value is -0.580. The topological polar surface area (TPSA) is 26.3 Å². The highest BCUT2D eigenvalue weighted by Gasteiger charge is 2.11. The van der Waals surface area contributed by atoms with Gasteiger partial charge in [-0.15, -0.1) is 0 Å². The molecule has 0 saturated heterocycles. The third-order valence-corrected chi connectivity index (χ3v) is 2.66. The van der Waals surface area contributed by atoms with E-state index < -0.39 is 0 Å². The van der Waals surface area contributed by atoms with Crippen molar-refractivity contribution in [3.8, 4) is 0 Å². The summed E-state index contributed by atoms with van der Waals surface area (Å²) in [4.78, 5) is 11.3. The van der Waals surface area contributed by atoms with Crippen LogP contribution in [0.4, 0.5) is 0 Å². The number of aryl methyl sites for hydroxylation is 1. The molecule has 1 rings (SSSR count). The number of carbonyl (C=O) groups excluding carboxylic acids is 1. The summed E-state index contributed by atoms with van der Waals surface area (Å²) in [5, 5.41) is 0. The van der Waals surface area contributed by atoms with Crippen molar-refractivity contribution in [2.75, 3.05) is 7.11 Å². The lowest BCUT2D eigenvalue weighted by atomic mass is 10.0. The van der Waals surface area contributed by atoms with Gasteiger partial charge in [-0.2, -0.15) is 0 Å². The number of hydrogen-bond acceptors (Lipinski definition) is 2. The first-order valence-corrected chi connectivity index (χ1v) is 4.99. The van der Waals surface area contributed by atoms with Gasteiger partial charge in [-0.25, -0.2) is 4.79 Å². The van der Waals surface area contributed by atoms with E-state index in [0.29, 0.717) is 5.56 Å². The Bertz CT molecular complexity index is 345. The Morgan fingerprint density at radius 2 is 2.00 bits per heavy atom. The predicted octanol–water partition coefficient (Wildman–Crippen LogP) is 2.69. The molecule has 2 nitrogen and oxygen atoms in total. The zero-order chi connectivity index (χ0) is 10.0. The first-order valence-electron chi connectivity index (χ1n) is 3.91. The van der Waals surface area contributed by atoms with Gasteiger partial charge in [-0.05, 0) is 59.7 Å². The first kappa shape index (κ1) is 10.5. The maximum absolute atomic E-state index is 11.3. The first-order chi connectivity index (χ1) is 6.06. The van der Waals surface area contributed by atoms with E-state index >= 15 is 0 Å². The van der Waals surface area contributed by atoms with Crippen molar-refractivity contribution in [3.05, 3.63) is 32.4 Å². The van der Waals surface area contributed by atoms with Crippen molar-refractivity contribution < 1.29 is 9.53 Å². The fraction of sp³-hybridized carbons (Fsp3) is 0.300. The van der Waals surface area contributed by atoms with Gasteiger partial charge in [0.2, 0.25) is 0 Å². The van der Waals surface area contributed by atoms with Gasteiger partial charge in [0.1, 0.15) is 0 Å². The second-order valence-electron chi connectivity index (χ2n) is 2.89. The lowest BCUT2D eigenvalue weighted by Gasteiger charge is -2.07. The van der Waals surface area contributed by atoms with E-state index in [1.54, 1.807) is 0 Å². The molecule has 0 N–H and O–H groups in total. The minimum Gasteiger partial charge on any atom is -0.465 e. The van der Waals surface area contributed by atoms with Gasteiger partial charge in [-0.3, -0.25) is 0 Å². The summed E-state index contributed by atoms with van der Waals surface area (Å²) in [6.07, 6.45) is 0. The number of esters is 1. The minimum atomic E-state index is -0.265. The fourth-order valence-corrected chi connectivity index (χ4v) is 1.92. The molecule has 0 spiro atoms. The quantitative estimate of drug-likeness (QED) is 0.587. The molecule has 1 aromatic rings. The maximum Gasteiger partial charge on any atom is 0.338 e. The average molecular weight is 290 g/mol. The van der Waals surface area contributed by atoms with Crippen LogP contribution in [0.5, 0.6) is 0 Å². The van der Waals surface area contributed by atoms with Crippen LogP contribution in [0.3, 0.4) is 0 Å². The molecule has 70 valence electrons. The number of ether oxygens (including phenoxy) is 1. The third-order valence-electron chi connectivity index (χ3n) is 2.04. The zero-order valence-corrected chi connectivity index (χ0v) is 10.0. The lowest BCUT2D eigenvalue weighted by molar-refractivity contribution is 0.0599.